The Bertz CT molecular complexity index is 781. The van der Waals surface area contributed by atoms with Crippen molar-refractivity contribution in [3.05, 3.63) is 62.5 Å². The number of hydrogen-bond donors (Lipinski definition) is 3. The van der Waals surface area contributed by atoms with Gasteiger partial charge in [-0.05, 0) is 49.2 Å². The molecule has 3 N–H and O–H groups in total. The highest BCUT2D eigenvalue weighted by Crippen LogP contribution is 2.22. The van der Waals surface area contributed by atoms with Gasteiger partial charge in [0, 0.05) is 14.6 Å². The first-order chi connectivity index (χ1) is 11.9. The molecule has 2 rings (SSSR count). The lowest BCUT2D eigenvalue weighted by Gasteiger charge is -2.16. The van der Waals surface area contributed by atoms with Crippen LogP contribution < -0.4 is 16.0 Å². The SMILES string of the molecule is Cc1cc(Br)ccc1NC(=O)CNC(=O)NC(C)c1ccccc1Br. The lowest BCUT2D eigenvalue weighted by atomic mass is 10.1. The van der Waals surface area contributed by atoms with Crippen LogP contribution in [0.25, 0.3) is 0 Å². The third kappa shape index (κ3) is 5.86. The van der Waals surface area contributed by atoms with Gasteiger partial charge >= 0.3 is 6.03 Å². The van der Waals surface area contributed by atoms with Crippen molar-refractivity contribution in [1.29, 1.82) is 0 Å². The number of anilines is 1. The molecule has 0 aliphatic heterocycles. The first kappa shape index (κ1) is 19.5. The van der Waals surface area contributed by atoms with Gasteiger partial charge in [0.15, 0.2) is 0 Å². The van der Waals surface area contributed by atoms with Gasteiger partial charge < -0.3 is 16.0 Å². The molecule has 5 nitrogen and oxygen atoms in total. The highest BCUT2D eigenvalue weighted by atomic mass is 79.9. The first-order valence-corrected chi connectivity index (χ1v) is 9.30. The molecule has 0 saturated carbocycles. The molecule has 0 aliphatic carbocycles. The van der Waals surface area contributed by atoms with Gasteiger partial charge in [0.05, 0.1) is 12.6 Å². The average molecular weight is 469 g/mol. The Kier molecular flexibility index (Phi) is 7.01. The van der Waals surface area contributed by atoms with Crippen LogP contribution in [0.2, 0.25) is 0 Å². The molecule has 0 spiro atoms. The van der Waals surface area contributed by atoms with Gasteiger partial charge in [0.1, 0.15) is 0 Å². The van der Waals surface area contributed by atoms with E-state index in [4.69, 9.17) is 0 Å². The number of nitrogens with one attached hydrogen (secondary N) is 3. The van der Waals surface area contributed by atoms with Gasteiger partial charge in [-0.15, -0.1) is 0 Å². The van der Waals surface area contributed by atoms with Crippen molar-refractivity contribution >= 4 is 49.5 Å². The number of carbonyl (C=O) groups is 2. The summed E-state index contributed by atoms with van der Waals surface area (Å²) in [6, 6.07) is 12.7. The van der Waals surface area contributed by atoms with E-state index >= 15 is 0 Å². The number of halogens is 2. The normalized spacial score (nSPS) is 11.5. The van der Waals surface area contributed by atoms with Crippen LogP contribution in [0.5, 0.6) is 0 Å². The fraction of sp³-hybridized carbons (Fsp3) is 0.222. The summed E-state index contributed by atoms with van der Waals surface area (Å²) < 4.78 is 1.87. The van der Waals surface area contributed by atoms with Crippen molar-refractivity contribution in [3.8, 4) is 0 Å². The predicted molar refractivity (Wildman–Crippen MR) is 107 cm³/mol. The molecular weight excluding hydrogens is 450 g/mol. The van der Waals surface area contributed by atoms with E-state index in [1.165, 1.54) is 0 Å². The molecule has 7 heteroatoms. The van der Waals surface area contributed by atoms with E-state index in [0.29, 0.717) is 0 Å². The highest BCUT2D eigenvalue weighted by Gasteiger charge is 2.13. The summed E-state index contributed by atoms with van der Waals surface area (Å²) in [5, 5.41) is 8.15. The summed E-state index contributed by atoms with van der Waals surface area (Å²) in [5.74, 6) is -0.283. The molecule has 0 fully saturated rings. The van der Waals surface area contributed by atoms with Crippen LogP contribution in [0.4, 0.5) is 10.5 Å². The summed E-state index contributed by atoms with van der Waals surface area (Å²) in [7, 11) is 0. The number of urea groups is 1. The van der Waals surface area contributed by atoms with Crippen LogP contribution >= 0.6 is 31.9 Å². The summed E-state index contributed by atoms with van der Waals surface area (Å²) in [6.45, 7) is 3.68. The Labute approximate surface area is 163 Å². The molecule has 0 saturated heterocycles. The third-order valence-corrected chi connectivity index (χ3v) is 4.81. The van der Waals surface area contributed by atoms with Gasteiger partial charge in [0.25, 0.3) is 0 Å². The van der Waals surface area contributed by atoms with Gasteiger partial charge in [-0.3, -0.25) is 4.79 Å². The molecular formula is C18H19Br2N3O2. The lowest BCUT2D eigenvalue weighted by molar-refractivity contribution is -0.115. The largest absolute Gasteiger partial charge is 0.332 e. The molecule has 1 atom stereocenters. The van der Waals surface area contributed by atoms with Gasteiger partial charge in [0.2, 0.25) is 5.91 Å². The van der Waals surface area contributed by atoms with E-state index in [2.05, 4.69) is 47.8 Å². The van der Waals surface area contributed by atoms with Crippen molar-refractivity contribution in [1.82, 2.24) is 10.6 Å². The van der Waals surface area contributed by atoms with Crippen LogP contribution in [0.15, 0.2) is 51.4 Å². The first-order valence-electron chi connectivity index (χ1n) is 7.71. The van der Waals surface area contributed by atoms with Crippen molar-refractivity contribution in [2.45, 2.75) is 19.9 Å². The molecule has 0 aliphatic rings. The maximum Gasteiger partial charge on any atom is 0.315 e. The Balaban J connectivity index is 1.83. The fourth-order valence-corrected chi connectivity index (χ4v) is 3.38. The minimum Gasteiger partial charge on any atom is -0.332 e. The Morgan fingerprint density at radius 3 is 2.52 bits per heavy atom. The molecule has 3 amide bonds. The van der Waals surface area contributed by atoms with Crippen molar-refractivity contribution in [2.24, 2.45) is 0 Å². The highest BCUT2D eigenvalue weighted by molar-refractivity contribution is 9.10. The number of aryl methyl sites for hydroxylation is 1. The van der Waals surface area contributed by atoms with Crippen LogP contribution in [0.3, 0.4) is 0 Å². The summed E-state index contributed by atoms with van der Waals surface area (Å²) in [5.41, 5.74) is 2.62. The molecule has 132 valence electrons. The molecule has 0 bridgehead atoms. The fourth-order valence-electron chi connectivity index (χ4n) is 2.27. The number of rotatable bonds is 5. The summed E-state index contributed by atoms with van der Waals surface area (Å²) in [6.07, 6.45) is 0. The monoisotopic (exact) mass is 467 g/mol. The minimum absolute atomic E-state index is 0.107. The number of carbonyl (C=O) groups excluding carboxylic acids is 2. The molecule has 25 heavy (non-hydrogen) atoms. The summed E-state index contributed by atoms with van der Waals surface area (Å²) >= 11 is 6.84. The molecule has 0 radical (unpaired) electrons. The lowest BCUT2D eigenvalue weighted by Crippen LogP contribution is -2.41. The zero-order valence-electron chi connectivity index (χ0n) is 13.9. The van der Waals surface area contributed by atoms with Gasteiger partial charge in [-0.1, -0.05) is 50.1 Å². The van der Waals surface area contributed by atoms with Crippen LogP contribution in [0, 0.1) is 6.92 Å². The summed E-state index contributed by atoms with van der Waals surface area (Å²) in [4.78, 5) is 24.0. The second kappa shape index (κ2) is 9.01. The van der Waals surface area contributed by atoms with E-state index in [-0.39, 0.29) is 18.5 Å². The van der Waals surface area contributed by atoms with Gasteiger partial charge in [-0.25, -0.2) is 4.79 Å². The standard InChI is InChI=1S/C18H19Br2N3O2/c1-11-9-13(19)7-8-16(11)23-17(24)10-21-18(25)22-12(2)14-5-3-4-6-15(14)20/h3-9,12H,10H2,1-2H3,(H,23,24)(H2,21,22,25). The van der Waals surface area contributed by atoms with E-state index in [9.17, 15) is 9.59 Å². The van der Waals surface area contributed by atoms with Crippen molar-refractivity contribution in [2.75, 3.05) is 11.9 Å². The number of benzene rings is 2. The quantitative estimate of drug-likeness (QED) is 0.603. The van der Waals surface area contributed by atoms with Crippen LogP contribution in [0.1, 0.15) is 24.1 Å². The zero-order valence-corrected chi connectivity index (χ0v) is 17.1. The molecule has 2 aromatic carbocycles. The second-order valence-corrected chi connectivity index (χ2v) is 7.35. The zero-order chi connectivity index (χ0) is 18.4. The maximum atomic E-state index is 12.0. The molecule has 0 heterocycles. The maximum absolute atomic E-state index is 12.0. The number of hydrogen-bond acceptors (Lipinski definition) is 2. The van der Waals surface area contributed by atoms with E-state index in [1.54, 1.807) is 0 Å². The Hall–Kier alpha value is -1.86. The molecule has 1 unspecified atom stereocenters. The Morgan fingerprint density at radius 2 is 1.84 bits per heavy atom. The van der Waals surface area contributed by atoms with Crippen LogP contribution in [-0.4, -0.2) is 18.5 Å². The van der Waals surface area contributed by atoms with Crippen molar-refractivity contribution in [3.63, 3.8) is 0 Å². The van der Waals surface area contributed by atoms with Crippen LogP contribution in [-0.2, 0) is 4.79 Å². The minimum atomic E-state index is -0.397. The second-order valence-electron chi connectivity index (χ2n) is 5.58. The molecule has 2 aromatic rings. The predicted octanol–water partition coefficient (Wildman–Crippen LogP) is 4.52. The number of amides is 3. The van der Waals surface area contributed by atoms with Gasteiger partial charge in [-0.2, -0.15) is 0 Å². The van der Waals surface area contributed by atoms with E-state index < -0.39 is 6.03 Å². The van der Waals surface area contributed by atoms with E-state index in [0.717, 1.165) is 25.8 Å². The topological polar surface area (TPSA) is 70.2 Å². The average Bonchev–Trinajstić information content (AvgIpc) is 2.56. The molecule has 0 aromatic heterocycles. The van der Waals surface area contributed by atoms with Crippen molar-refractivity contribution < 1.29 is 9.59 Å². The third-order valence-electron chi connectivity index (χ3n) is 3.59. The van der Waals surface area contributed by atoms with E-state index in [1.807, 2.05) is 56.3 Å². The smallest absolute Gasteiger partial charge is 0.315 e. The Morgan fingerprint density at radius 1 is 1.12 bits per heavy atom.